The highest BCUT2D eigenvalue weighted by molar-refractivity contribution is 7.98. The van der Waals surface area contributed by atoms with E-state index in [0.717, 1.165) is 11.4 Å². The van der Waals surface area contributed by atoms with Crippen LogP contribution in [0.5, 0.6) is 0 Å². The van der Waals surface area contributed by atoms with Crippen LogP contribution in [0, 0.1) is 6.92 Å². The first-order valence-electron chi connectivity index (χ1n) is 5.26. The largest absolute Gasteiger partial charge is 0.478 e. The number of aromatic nitrogens is 3. The number of carbonyl (C=O) groups is 1. The molecule has 0 spiro atoms. The molecular formula is C12H11N3O2S. The lowest BCUT2D eigenvalue weighted by Crippen LogP contribution is -1.98. The lowest BCUT2D eigenvalue weighted by molar-refractivity contribution is 0.0696. The van der Waals surface area contributed by atoms with Crippen molar-refractivity contribution in [2.45, 2.75) is 17.8 Å². The Balaban J connectivity index is 2.00. The van der Waals surface area contributed by atoms with Gasteiger partial charge in [0.1, 0.15) is 0 Å². The van der Waals surface area contributed by atoms with Crippen molar-refractivity contribution in [3.63, 3.8) is 0 Å². The van der Waals surface area contributed by atoms with Crippen molar-refractivity contribution in [2.24, 2.45) is 0 Å². The van der Waals surface area contributed by atoms with Gasteiger partial charge >= 0.3 is 5.97 Å². The van der Waals surface area contributed by atoms with Crippen LogP contribution in [0.4, 0.5) is 0 Å². The summed E-state index contributed by atoms with van der Waals surface area (Å²) in [6.07, 6.45) is 3.07. The summed E-state index contributed by atoms with van der Waals surface area (Å²) in [5.41, 5.74) is 1.91. The quantitative estimate of drug-likeness (QED) is 0.671. The van der Waals surface area contributed by atoms with E-state index in [2.05, 4.69) is 15.0 Å². The molecule has 0 fully saturated rings. The SMILES string of the molecule is Cc1ccnc(SCc2ccc(C(=O)O)cn2)n1. The molecular weight excluding hydrogens is 250 g/mol. The third kappa shape index (κ3) is 3.27. The van der Waals surface area contributed by atoms with Gasteiger partial charge in [-0.15, -0.1) is 0 Å². The molecule has 5 nitrogen and oxygen atoms in total. The summed E-state index contributed by atoms with van der Waals surface area (Å²) >= 11 is 1.47. The molecule has 0 bridgehead atoms. The maximum absolute atomic E-state index is 10.7. The zero-order chi connectivity index (χ0) is 13.0. The number of nitrogens with zero attached hydrogens (tertiary/aromatic N) is 3. The van der Waals surface area contributed by atoms with E-state index in [1.165, 1.54) is 18.0 Å². The molecule has 2 rings (SSSR count). The molecule has 0 aliphatic heterocycles. The predicted molar refractivity (Wildman–Crippen MR) is 67.5 cm³/mol. The van der Waals surface area contributed by atoms with Gasteiger partial charge in [0.15, 0.2) is 5.16 Å². The molecule has 2 aromatic rings. The molecule has 0 radical (unpaired) electrons. The maximum atomic E-state index is 10.7. The number of rotatable bonds is 4. The van der Waals surface area contributed by atoms with E-state index in [0.29, 0.717) is 10.9 Å². The van der Waals surface area contributed by atoms with Crippen molar-refractivity contribution in [1.29, 1.82) is 0 Å². The summed E-state index contributed by atoms with van der Waals surface area (Å²) in [4.78, 5) is 23.1. The molecule has 92 valence electrons. The molecule has 0 aliphatic carbocycles. The minimum Gasteiger partial charge on any atom is -0.478 e. The van der Waals surface area contributed by atoms with E-state index >= 15 is 0 Å². The molecule has 2 aromatic heterocycles. The Morgan fingerprint density at radius 2 is 2.17 bits per heavy atom. The summed E-state index contributed by atoms with van der Waals surface area (Å²) in [6.45, 7) is 1.91. The fraction of sp³-hybridized carbons (Fsp3) is 0.167. The Labute approximate surface area is 108 Å². The Hall–Kier alpha value is -1.95. The van der Waals surface area contributed by atoms with Crippen molar-refractivity contribution < 1.29 is 9.90 Å². The molecule has 0 saturated heterocycles. The highest BCUT2D eigenvalue weighted by Gasteiger charge is 2.04. The van der Waals surface area contributed by atoms with Crippen LogP contribution in [0.3, 0.4) is 0 Å². The van der Waals surface area contributed by atoms with Gasteiger partial charge in [-0.2, -0.15) is 0 Å². The van der Waals surface area contributed by atoms with Gasteiger partial charge in [0, 0.05) is 23.8 Å². The number of hydrogen-bond acceptors (Lipinski definition) is 5. The minimum atomic E-state index is -0.969. The minimum absolute atomic E-state index is 0.190. The Morgan fingerprint density at radius 3 is 2.78 bits per heavy atom. The van der Waals surface area contributed by atoms with Crippen LogP contribution in [-0.4, -0.2) is 26.0 Å². The zero-order valence-electron chi connectivity index (χ0n) is 9.70. The molecule has 1 N–H and O–H groups in total. The number of aryl methyl sites for hydroxylation is 1. The lowest BCUT2D eigenvalue weighted by Gasteiger charge is -2.01. The van der Waals surface area contributed by atoms with Gasteiger partial charge < -0.3 is 5.11 Å². The van der Waals surface area contributed by atoms with E-state index < -0.39 is 5.97 Å². The lowest BCUT2D eigenvalue weighted by atomic mass is 10.2. The van der Waals surface area contributed by atoms with Gasteiger partial charge in [-0.25, -0.2) is 14.8 Å². The first-order chi connectivity index (χ1) is 8.65. The van der Waals surface area contributed by atoms with Crippen molar-refractivity contribution in [2.75, 3.05) is 0 Å². The third-order valence-corrected chi connectivity index (χ3v) is 3.09. The first kappa shape index (κ1) is 12.5. The van der Waals surface area contributed by atoms with Gasteiger partial charge in [0.05, 0.1) is 11.3 Å². The Morgan fingerprint density at radius 1 is 1.33 bits per heavy atom. The number of carboxylic acid groups (broad SMARTS) is 1. The van der Waals surface area contributed by atoms with Crippen molar-refractivity contribution in [1.82, 2.24) is 15.0 Å². The number of thioether (sulfide) groups is 1. The van der Waals surface area contributed by atoms with Crippen molar-refractivity contribution in [3.8, 4) is 0 Å². The van der Waals surface area contributed by atoms with Crippen LogP contribution in [0.1, 0.15) is 21.7 Å². The summed E-state index contributed by atoms with van der Waals surface area (Å²) in [5.74, 6) is -0.354. The molecule has 0 aliphatic rings. The van der Waals surface area contributed by atoms with Gasteiger partial charge in [-0.3, -0.25) is 4.98 Å². The molecule has 0 saturated carbocycles. The summed E-state index contributed by atoms with van der Waals surface area (Å²) in [6, 6.07) is 5.08. The molecule has 0 amide bonds. The van der Waals surface area contributed by atoms with Gasteiger partial charge in [-0.1, -0.05) is 11.8 Å². The van der Waals surface area contributed by atoms with E-state index in [1.807, 2.05) is 13.0 Å². The number of pyridine rings is 1. The second-order valence-electron chi connectivity index (χ2n) is 3.61. The molecule has 0 atom stereocenters. The smallest absolute Gasteiger partial charge is 0.337 e. The van der Waals surface area contributed by atoms with Gasteiger partial charge in [0.25, 0.3) is 0 Å². The number of aromatic carboxylic acids is 1. The number of carboxylic acids is 1. The summed E-state index contributed by atoms with van der Waals surface area (Å²) < 4.78 is 0. The van der Waals surface area contributed by atoms with Gasteiger partial charge in [0.2, 0.25) is 0 Å². The van der Waals surface area contributed by atoms with Crippen molar-refractivity contribution in [3.05, 3.63) is 47.5 Å². The summed E-state index contributed by atoms with van der Waals surface area (Å²) in [5, 5.41) is 9.44. The molecule has 0 aromatic carbocycles. The predicted octanol–water partition coefficient (Wildman–Crippen LogP) is 2.17. The highest BCUT2D eigenvalue weighted by Crippen LogP contribution is 2.17. The van der Waals surface area contributed by atoms with Crippen LogP contribution in [-0.2, 0) is 5.75 Å². The van der Waals surface area contributed by atoms with Crippen LogP contribution in [0.2, 0.25) is 0 Å². The molecule has 18 heavy (non-hydrogen) atoms. The summed E-state index contributed by atoms with van der Waals surface area (Å²) in [7, 11) is 0. The maximum Gasteiger partial charge on any atom is 0.337 e. The molecule has 6 heteroatoms. The fourth-order valence-corrected chi connectivity index (χ4v) is 2.06. The van der Waals surface area contributed by atoms with E-state index in [9.17, 15) is 4.79 Å². The second-order valence-corrected chi connectivity index (χ2v) is 4.56. The van der Waals surface area contributed by atoms with E-state index in [4.69, 9.17) is 5.11 Å². The molecule has 2 heterocycles. The van der Waals surface area contributed by atoms with Crippen molar-refractivity contribution >= 4 is 17.7 Å². The zero-order valence-corrected chi connectivity index (χ0v) is 10.5. The standard InChI is InChI=1S/C12H11N3O2S/c1-8-4-5-13-12(15-8)18-7-10-3-2-9(6-14-10)11(16)17/h2-6H,7H2,1H3,(H,16,17). The van der Waals surface area contributed by atoms with E-state index in [1.54, 1.807) is 18.3 Å². The van der Waals surface area contributed by atoms with Crippen LogP contribution < -0.4 is 0 Å². The van der Waals surface area contributed by atoms with E-state index in [-0.39, 0.29) is 5.56 Å². The highest BCUT2D eigenvalue weighted by atomic mass is 32.2. The van der Waals surface area contributed by atoms with Gasteiger partial charge in [-0.05, 0) is 25.1 Å². The normalized spacial score (nSPS) is 10.3. The molecule has 0 unspecified atom stereocenters. The fourth-order valence-electron chi connectivity index (χ4n) is 1.27. The topological polar surface area (TPSA) is 76.0 Å². The average molecular weight is 261 g/mol. The first-order valence-corrected chi connectivity index (χ1v) is 6.24. The second kappa shape index (κ2) is 5.59. The van der Waals surface area contributed by atoms with Crippen LogP contribution in [0.25, 0.3) is 0 Å². The van der Waals surface area contributed by atoms with Crippen LogP contribution >= 0.6 is 11.8 Å². The number of hydrogen-bond donors (Lipinski definition) is 1. The average Bonchev–Trinajstić information content (AvgIpc) is 2.37. The Kier molecular flexibility index (Phi) is 3.88. The van der Waals surface area contributed by atoms with Crippen LogP contribution in [0.15, 0.2) is 35.7 Å². The Bertz CT molecular complexity index is 558. The monoisotopic (exact) mass is 261 g/mol. The third-order valence-electron chi connectivity index (χ3n) is 2.19.